The summed E-state index contributed by atoms with van der Waals surface area (Å²) < 4.78 is 5.78. The van der Waals surface area contributed by atoms with Gasteiger partial charge >= 0.3 is 0 Å². The molecule has 0 radical (unpaired) electrons. The van der Waals surface area contributed by atoms with E-state index in [-0.39, 0.29) is 29.5 Å². The Bertz CT molecular complexity index is 984. The van der Waals surface area contributed by atoms with Gasteiger partial charge in [0, 0.05) is 19.2 Å². The molecule has 2 aromatic rings. The molecule has 8 nitrogen and oxygen atoms in total. The predicted molar refractivity (Wildman–Crippen MR) is 126 cm³/mol. The maximum absolute atomic E-state index is 12.6. The van der Waals surface area contributed by atoms with Gasteiger partial charge in [-0.2, -0.15) is 0 Å². The Kier molecular flexibility index (Phi) is 8.27. The van der Waals surface area contributed by atoms with E-state index in [9.17, 15) is 14.4 Å². The van der Waals surface area contributed by atoms with Crippen LogP contribution in [0.25, 0.3) is 11.3 Å². The van der Waals surface area contributed by atoms with Gasteiger partial charge < -0.3 is 20.4 Å². The normalized spacial score (nSPS) is 17.4. The summed E-state index contributed by atoms with van der Waals surface area (Å²) in [6.07, 6.45) is 3.10. The van der Waals surface area contributed by atoms with Gasteiger partial charge in [0.1, 0.15) is 11.8 Å². The van der Waals surface area contributed by atoms with Crippen LogP contribution in [0.4, 0.5) is 0 Å². The van der Waals surface area contributed by atoms with Crippen LogP contribution >= 0.6 is 0 Å². The third kappa shape index (κ3) is 6.22. The molecular formula is C25H34N4O4. The molecule has 8 heteroatoms. The number of carbonyl (C=O) groups is 3. The smallest absolute Gasteiger partial charge is 0.287 e. The zero-order chi connectivity index (χ0) is 24.0. The fourth-order valence-electron chi connectivity index (χ4n) is 4.07. The maximum Gasteiger partial charge on any atom is 0.287 e. The Morgan fingerprint density at radius 1 is 1.15 bits per heavy atom. The van der Waals surface area contributed by atoms with Gasteiger partial charge in [0.2, 0.25) is 11.8 Å². The average molecular weight is 455 g/mol. The predicted octanol–water partition coefficient (Wildman–Crippen LogP) is 2.55. The number of benzene rings is 1. The van der Waals surface area contributed by atoms with Gasteiger partial charge in [-0.05, 0) is 56.1 Å². The van der Waals surface area contributed by atoms with E-state index in [1.807, 2.05) is 45.2 Å². The van der Waals surface area contributed by atoms with Crippen LogP contribution in [-0.2, 0) is 16.1 Å². The van der Waals surface area contributed by atoms with E-state index in [0.717, 1.165) is 36.9 Å². The number of amides is 3. The fourth-order valence-corrected chi connectivity index (χ4v) is 4.07. The highest BCUT2D eigenvalue weighted by Gasteiger charge is 2.26. The van der Waals surface area contributed by atoms with E-state index in [4.69, 9.17) is 4.42 Å². The Labute approximate surface area is 195 Å². The molecule has 1 saturated heterocycles. The molecule has 2 atom stereocenters. The molecule has 1 aromatic carbocycles. The summed E-state index contributed by atoms with van der Waals surface area (Å²) in [6, 6.07) is 10.3. The van der Waals surface area contributed by atoms with Crippen molar-refractivity contribution in [2.45, 2.75) is 51.7 Å². The molecule has 1 aliphatic heterocycles. The average Bonchev–Trinajstić information content (AvgIpc) is 3.31. The van der Waals surface area contributed by atoms with Crippen molar-refractivity contribution in [3.05, 3.63) is 47.7 Å². The van der Waals surface area contributed by atoms with Crippen molar-refractivity contribution < 1.29 is 18.8 Å². The molecule has 3 rings (SSSR count). The Balaban J connectivity index is 1.64. The first kappa shape index (κ1) is 24.5. The Morgan fingerprint density at radius 3 is 2.64 bits per heavy atom. The van der Waals surface area contributed by atoms with Crippen molar-refractivity contribution in [1.82, 2.24) is 20.9 Å². The first-order chi connectivity index (χ1) is 15.8. The molecule has 0 spiro atoms. The van der Waals surface area contributed by atoms with Crippen molar-refractivity contribution in [1.29, 1.82) is 0 Å². The van der Waals surface area contributed by atoms with Gasteiger partial charge in [-0.3, -0.25) is 19.3 Å². The van der Waals surface area contributed by atoms with Crippen molar-refractivity contribution >= 4 is 17.7 Å². The van der Waals surface area contributed by atoms with Crippen molar-refractivity contribution in [3.8, 4) is 11.3 Å². The number of nitrogens with one attached hydrogen (secondary N) is 3. The third-order valence-electron chi connectivity index (χ3n) is 6.06. The zero-order valence-corrected chi connectivity index (χ0v) is 19.8. The maximum atomic E-state index is 12.6. The number of nitrogens with zero attached hydrogens (tertiary/aromatic N) is 1. The summed E-state index contributed by atoms with van der Waals surface area (Å²) in [7, 11) is 3.53. The standard InChI is InChI=1S/C25H34N4O4/c1-16(2)22(25(32)26-3)28-24(31)21-12-11-20(33-21)18-9-7-8-17(14-18)15-27-23(30)19-10-5-6-13-29(19)4/h7-9,11-12,14,16,19,22H,5-6,10,13,15H2,1-4H3,(H,26,32)(H,27,30)(H,28,31)/t19?,22-/m0/s1. The van der Waals surface area contributed by atoms with Crippen LogP contribution in [0.2, 0.25) is 0 Å². The van der Waals surface area contributed by atoms with E-state index < -0.39 is 11.9 Å². The van der Waals surface area contributed by atoms with Crippen LogP contribution in [0.15, 0.2) is 40.8 Å². The lowest BCUT2D eigenvalue weighted by Crippen LogP contribution is -2.48. The molecule has 178 valence electrons. The molecule has 33 heavy (non-hydrogen) atoms. The number of likely N-dealkylation sites (N-methyl/N-ethyl adjacent to an activating group) is 2. The second-order valence-electron chi connectivity index (χ2n) is 8.88. The fraction of sp³-hybridized carbons (Fsp3) is 0.480. The lowest BCUT2D eigenvalue weighted by atomic mass is 10.0. The molecule has 3 N–H and O–H groups in total. The monoisotopic (exact) mass is 454 g/mol. The van der Waals surface area contributed by atoms with Crippen LogP contribution < -0.4 is 16.0 Å². The Hall–Kier alpha value is -3.13. The summed E-state index contributed by atoms with van der Waals surface area (Å²) in [5.41, 5.74) is 1.75. The number of piperidine rings is 1. The molecule has 0 saturated carbocycles. The van der Waals surface area contributed by atoms with Gasteiger partial charge in [-0.25, -0.2) is 0 Å². The van der Waals surface area contributed by atoms with Crippen LogP contribution in [-0.4, -0.2) is 55.3 Å². The number of hydrogen-bond acceptors (Lipinski definition) is 5. The van der Waals surface area contributed by atoms with Gasteiger partial charge in [-0.1, -0.05) is 38.5 Å². The Morgan fingerprint density at radius 2 is 1.94 bits per heavy atom. The molecule has 0 aliphatic carbocycles. The minimum absolute atomic E-state index is 0.0513. The molecule has 0 bridgehead atoms. The highest BCUT2D eigenvalue weighted by molar-refractivity contribution is 5.96. The van der Waals surface area contributed by atoms with Crippen LogP contribution in [0.1, 0.15) is 49.2 Å². The molecular weight excluding hydrogens is 420 g/mol. The molecule has 1 aliphatic rings. The van der Waals surface area contributed by atoms with Crippen molar-refractivity contribution in [2.24, 2.45) is 5.92 Å². The van der Waals surface area contributed by atoms with E-state index in [1.165, 1.54) is 7.05 Å². The number of furan rings is 1. The molecule has 1 fully saturated rings. The van der Waals surface area contributed by atoms with Gasteiger partial charge in [-0.15, -0.1) is 0 Å². The number of likely N-dealkylation sites (tertiary alicyclic amines) is 1. The minimum Gasteiger partial charge on any atom is -0.451 e. The molecule has 1 aromatic heterocycles. The second-order valence-corrected chi connectivity index (χ2v) is 8.88. The van der Waals surface area contributed by atoms with E-state index >= 15 is 0 Å². The van der Waals surface area contributed by atoms with E-state index in [0.29, 0.717) is 12.3 Å². The number of rotatable bonds is 8. The van der Waals surface area contributed by atoms with Gasteiger partial charge in [0.15, 0.2) is 5.76 Å². The number of hydrogen-bond donors (Lipinski definition) is 3. The van der Waals surface area contributed by atoms with Crippen LogP contribution in [0, 0.1) is 5.92 Å². The molecule has 3 amide bonds. The van der Waals surface area contributed by atoms with Crippen LogP contribution in [0.3, 0.4) is 0 Å². The van der Waals surface area contributed by atoms with E-state index in [1.54, 1.807) is 12.1 Å². The first-order valence-corrected chi connectivity index (χ1v) is 11.5. The largest absolute Gasteiger partial charge is 0.451 e. The third-order valence-corrected chi connectivity index (χ3v) is 6.06. The van der Waals surface area contributed by atoms with Crippen LogP contribution in [0.5, 0.6) is 0 Å². The lowest BCUT2D eigenvalue weighted by molar-refractivity contribution is -0.127. The summed E-state index contributed by atoms with van der Waals surface area (Å²) in [5, 5.41) is 8.33. The SMILES string of the molecule is CNC(=O)[C@@H](NC(=O)c1ccc(-c2cccc(CNC(=O)C3CCCCN3C)c2)o1)C(C)C. The highest BCUT2D eigenvalue weighted by atomic mass is 16.4. The lowest BCUT2D eigenvalue weighted by Gasteiger charge is -2.31. The quantitative estimate of drug-likeness (QED) is 0.569. The zero-order valence-electron chi connectivity index (χ0n) is 19.8. The highest BCUT2D eigenvalue weighted by Crippen LogP contribution is 2.24. The second kappa shape index (κ2) is 11.1. The first-order valence-electron chi connectivity index (χ1n) is 11.5. The molecule has 1 unspecified atom stereocenters. The van der Waals surface area contributed by atoms with Gasteiger partial charge in [0.25, 0.3) is 5.91 Å². The van der Waals surface area contributed by atoms with Crippen molar-refractivity contribution in [3.63, 3.8) is 0 Å². The minimum atomic E-state index is -0.647. The summed E-state index contributed by atoms with van der Waals surface area (Å²) >= 11 is 0. The van der Waals surface area contributed by atoms with E-state index in [2.05, 4.69) is 20.9 Å². The topological polar surface area (TPSA) is 104 Å². The van der Waals surface area contributed by atoms with Crippen molar-refractivity contribution in [2.75, 3.05) is 20.6 Å². The molecule has 2 heterocycles. The summed E-state index contributed by atoms with van der Waals surface area (Å²) in [5.74, 6) is -0.0261. The summed E-state index contributed by atoms with van der Waals surface area (Å²) in [6.45, 7) is 5.10. The van der Waals surface area contributed by atoms with Gasteiger partial charge in [0.05, 0.1) is 6.04 Å². The summed E-state index contributed by atoms with van der Waals surface area (Å²) in [4.78, 5) is 39.3. The number of carbonyl (C=O) groups excluding carboxylic acids is 3.